The van der Waals surface area contributed by atoms with Gasteiger partial charge in [0.2, 0.25) is 5.91 Å². The summed E-state index contributed by atoms with van der Waals surface area (Å²) in [5.74, 6) is -1.91. The number of esters is 1. The lowest BCUT2D eigenvalue weighted by molar-refractivity contribution is -0.155. The van der Waals surface area contributed by atoms with Gasteiger partial charge in [-0.3, -0.25) is 20.3 Å². The normalized spacial score (nSPS) is 13.5. The highest BCUT2D eigenvalue weighted by Crippen LogP contribution is 2.07. The van der Waals surface area contributed by atoms with Crippen LogP contribution in [0.2, 0.25) is 0 Å². The number of hydrogen-bond donors (Lipinski definition) is 2. The van der Waals surface area contributed by atoms with Gasteiger partial charge in [-0.2, -0.15) is 0 Å². The Balaban J connectivity index is 0. The van der Waals surface area contributed by atoms with E-state index in [0.717, 1.165) is 19.3 Å². The first-order valence-corrected chi connectivity index (χ1v) is 12.3. The Morgan fingerprint density at radius 2 is 1.43 bits per heavy atom. The summed E-state index contributed by atoms with van der Waals surface area (Å²) in [5.41, 5.74) is -0.784. The van der Waals surface area contributed by atoms with Crippen LogP contribution in [0.3, 0.4) is 0 Å². The van der Waals surface area contributed by atoms with Crippen molar-refractivity contribution in [2.75, 3.05) is 13.5 Å². The van der Waals surface area contributed by atoms with Crippen LogP contribution in [0.4, 0.5) is 0 Å². The van der Waals surface area contributed by atoms with Gasteiger partial charge in [-0.15, -0.1) is 12.4 Å². The molecule has 0 aliphatic heterocycles. The Labute approximate surface area is 224 Å². The van der Waals surface area contributed by atoms with Crippen LogP contribution < -0.4 is 5.32 Å². The average molecular weight is 513 g/mol. The Morgan fingerprint density at radius 3 is 1.91 bits per heavy atom. The monoisotopic (exact) mass is 512 g/mol. The molecule has 0 unspecified atom stereocenters. The lowest BCUT2D eigenvalue weighted by atomic mass is 10.2. The summed E-state index contributed by atoms with van der Waals surface area (Å²) in [6.45, 7) is 3.78. The van der Waals surface area contributed by atoms with Crippen molar-refractivity contribution in [1.82, 2.24) is 10.2 Å². The number of allylic oxidation sites excluding steroid dienone is 8. The summed E-state index contributed by atoms with van der Waals surface area (Å²) in [4.78, 5) is 24.7. The minimum absolute atomic E-state index is 0. The van der Waals surface area contributed by atoms with Crippen molar-refractivity contribution < 1.29 is 18.4 Å². The summed E-state index contributed by atoms with van der Waals surface area (Å²) in [7, 11) is 0. The fraction of sp³-hybridized carbons (Fsp3) is 0.607. The van der Waals surface area contributed by atoms with E-state index in [4.69, 9.17) is 14.3 Å². The van der Waals surface area contributed by atoms with Gasteiger partial charge in [-0.25, -0.2) is 0 Å². The van der Waals surface area contributed by atoms with Gasteiger partial charge in [0, 0.05) is 17.5 Å². The van der Waals surface area contributed by atoms with Gasteiger partial charge < -0.3 is 9.64 Å². The molecule has 0 aliphatic carbocycles. The maximum absolute atomic E-state index is 12.1. The van der Waals surface area contributed by atoms with Crippen molar-refractivity contribution in [2.24, 2.45) is 0 Å². The summed E-state index contributed by atoms with van der Waals surface area (Å²) < 4.78 is 27.8. The zero-order valence-electron chi connectivity index (χ0n) is 25.0. The number of halogens is 1. The molecule has 0 radical (unpaired) electrons. The number of guanidine groups is 1. The fourth-order valence-electron chi connectivity index (χ4n) is 2.79. The van der Waals surface area contributed by atoms with E-state index < -0.39 is 37.0 Å². The van der Waals surface area contributed by atoms with Crippen LogP contribution in [0.25, 0.3) is 0 Å². The van der Waals surface area contributed by atoms with E-state index in [0.29, 0.717) is 17.7 Å². The smallest absolute Gasteiger partial charge is 0.326 e. The molecule has 0 heterocycles. The summed E-state index contributed by atoms with van der Waals surface area (Å²) in [6.07, 6.45) is 26.2. The fourth-order valence-corrected chi connectivity index (χ4v) is 2.79. The molecule has 0 saturated carbocycles. The van der Waals surface area contributed by atoms with E-state index >= 15 is 0 Å². The number of unbranched alkanes of at least 4 members (excludes halogenated alkanes) is 4. The second kappa shape index (κ2) is 22.1. The molecule has 0 aliphatic rings. The first-order chi connectivity index (χ1) is 17.4. The molecule has 0 fully saturated rings. The predicted molar refractivity (Wildman–Crippen MR) is 150 cm³/mol. The third-order valence-corrected chi connectivity index (χ3v) is 4.47. The van der Waals surface area contributed by atoms with E-state index in [-0.39, 0.29) is 18.8 Å². The molecule has 0 atom stereocenters. The summed E-state index contributed by atoms with van der Waals surface area (Å²) in [5, 5.41) is 10.2. The zero-order chi connectivity index (χ0) is 28.2. The van der Waals surface area contributed by atoms with Crippen molar-refractivity contribution in [3.8, 4) is 0 Å². The first-order valence-electron chi connectivity index (χ1n) is 13.8. The number of amides is 1. The molecule has 6 nitrogen and oxygen atoms in total. The number of nitrogens with one attached hydrogen (secondary N) is 2. The van der Waals surface area contributed by atoms with Crippen molar-refractivity contribution in [1.29, 1.82) is 5.41 Å². The van der Waals surface area contributed by atoms with Gasteiger partial charge in [0.1, 0.15) is 12.1 Å². The number of carbonyl (C=O) groups is 2. The molecule has 0 saturated heterocycles. The number of rotatable bonds is 16. The second-order valence-corrected chi connectivity index (χ2v) is 9.05. The van der Waals surface area contributed by atoms with E-state index in [1.807, 2.05) is 12.2 Å². The Hall–Kier alpha value is -2.34. The number of nitrogens with zero attached hydrogens (tertiary/aromatic N) is 1. The van der Waals surface area contributed by atoms with Gasteiger partial charge in [-0.05, 0) is 65.7 Å². The molecule has 0 aromatic rings. The molecule has 0 aromatic heterocycles. The van der Waals surface area contributed by atoms with Crippen LogP contribution in [0, 0.1) is 5.41 Å². The number of ether oxygens (including phenoxy) is 1. The molecule has 0 aromatic carbocycles. The quantitative estimate of drug-likeness (QED) is 0.0776. The third kappa shape index (κ3) is 24.6. The second-order valence-electron chi connectivity index (χ2n) is 9.05. The largest absolute Gasteiger partial charge is 0.459 e. The first kappa shape index (κ1) is 28.9. The Morgan fingerprint density at radius 1 is 0.914 bits per heavy atom. The lowest BCUT2D eigenvalue weighted by Gasteiger charge is -2.23. The predicted octanol–water partition coefficient (Wildman–Crippen LogP) is 6.88. The number of carbonyl (C=O) groups excluding carboxylic acids is 2. The molecule has 7 heteroatoms. The van der Waals surface area contributed by atoms with Gasteiger partial charge in [0.05, 0.1) is 0 Å². The summed E-state index contributed by atoms with van der Waals surface area (Å²) >= 11 is 0. The van der Waals surface area contributed by atoms with Crippen LogP contribution in [-0.2, 0) is 14.3 Å². The number of likely N-dealkylation sites (N-methyl/N-ethyl adjacent to an activating group) is 1. The minimum atomic E-state index is -2.77. The van der Waals surface area contributed by atoms with Crippen LogP contribution in [0.15, 0.2) is 48.6 Å². The molecule has 0 spiro atoms. The van der Waals surface area contributed by atoms with Crippen molar-refractivity contribution in [3.05, 3.63) is 48.6 Å². The highest BCUT2D eigenvalue weighted by atomic mass is 35.5. The minimum Gasteiger partial charge on any atom is -0.459 e. The topological polar surface area (TPSA) is 82.5 Å². The maximum atomic E-state index is 12.1. The maximum Gasteiger partial charge on any atom is 0.326 e. The van der Waals surface area contributed by atoms with Gasteiger partial charge >= 0.3 is 5.97 Å². The van der Waals surface area contributed by atoms with Gasteiger partial charge in [0.15, 0.2) is 5.96 Å². The van der Waals surface area contributed by atoms with E-state index in [1.165, 1.54) is 25.7 Å². The van der Waals surface area contributed by atoms with Crippen molar-refractivity contribution >= 4 is 30.2 Å². The molecule has 0 rings (SSSR count). The van der Waals surface area contributed by atoms with Crippen molar-refractivity contribution in [2.45, 2.75) is 97.5 Å². The van der Waals surface area contributed by atoms with Crippen molar-refractivity contribution in [3.63, 3.8) is 0 Å². The van der Waals surface area contributed by atoms with Gasteiger partial charge in [-0.1, -0.05) is 68.4 Å². The van der Waals surface area contributed by atoms with Crippen LogP contribution in [-0.4, -0.2) is 41.9 Å². The van der Waals surface area contributed by atoms with E-state index in [1.54, 1.807) is 20.8 Å². The van der Waals surface area contributed by atoms with E-state index in [9.17, 15) is 9.59 Å². The van der Waals surface area contributed by atoms with Gasteiger partial charge in [0.25, 0.3) is 0 Å². The number of hydrogen-bond acceptors (Lipinski definition) is 4. The van der Waals surface area contributed by atoms with Crippen LogP contribution >= 0.6 is 12.4 Å². The zero-order valence-corrected chi connectivity index (χ0v) is 22.8. The molecule has 1 amide bonds. The molecule has 35 heavy (non-hydrogen) atoms. The molecule has 2 N–H and O–H groups in total. The van der Waals surface area contributed by atoms with Crippen LogP contribution in [0.1, 0.15) is 96.0 Å². The Bertz CT molecular complexity index is 801. The SMILES string of the molecule is Cl.[2H]C([2H])([2H])N(CC(=O)OC(C)(C)C)C(=N)NC(=O)CCC/C=C\C/C=C\C/C=C\C/C=C\CCCCC. The summed E-state index contributed by atoms with van der Waals surface area (Å²) in [6, 6.07) is 0. The van der Waals surface area contributed by atoms with E-state index in [2.05, 4.69) is 48.7 Å². The average Bonchev–Trinajstić information content (AvgIpc) is 2.77. The standard InChI is InChI=1S/C28H47N3O3.ClH/c1-6-7-8-9-10-11-12-13-14-15-16-17-18-19-20-21-22-23-25(32)30-27(29)31(5)24-26(33)34-28(2,3)4;/h10-11,13-14,16-17,19-20H,6-9,12,15,18,21-24H2,1-5H3,(H2,29,30,32);1H/b11-10-,14-13-,17-16-,20-19-;/i5D3;. The third-order valence-electron chi connectivity index (χ3n) is 4.47. The molecular formula is C28H48ClN3O3. The molecular weight excluding hydrogens is 462 g/mol. The molecule has 200 valence electrons. The highest BCUT2D eigenvalue weighted by molar-refractivity contribution is 5.96. The lowest BCUT2D eigenvalue weighted by Crippen LogP contribution is -2.44. The van der Waals surface area contributed by atoms with Crippen LogP contribution in [0.5, 0.6) is 0 Å². The molecule has 0 bridgehead atoms. The highest BCUT2D eigenvalue weighted by Gasteiger charge is 2.19. The Kier molecular flexibility index (Phi) is 18.3.